The first-order valence-corrected chi connectivity index (χ1v) is 8.85. The summed E-state index contributed by atoms with van der Waals surface area (Å²) in [7, 11) is 0. The standard InChI is InChI=1S/C16H27N3OS/c1-4-16(3,15-18-8-9-21-15)19-14(20)10-12(2)13-6-5-7-17-11-13/h8-9,12-13,17H,4-7,10-11H2,1-3H3,(H,19,20). The van der Waals surface area contributed by atoms with Gasteiger partial charge in [0.2, 0.25) is 5.91 Å². The molecule has 2 rings (SSSR count). The molecule has 0 aliphatic carbocycles. The number of rotatable bonds is 6. The van der Waals surface area contributed by atoms with Crippen LogP contribution in [-0.4, -0.2) is 24.0 Å². The van der Waals surface area contributed by atoms with Crippen LogP contribution in [-0.2, 0) is 10.3 Å². The van der Waals surface area contributed by atoms with Gasteiger partial charge in [-0.15, -0.1) is 11.3 Å². The third-order valence-electron chi connectivity index (χ3n) is 4.67. The van der Waals surface area contributed by atoms with Crippen molar-refractivity contribution in [2.45, 2.75) is 52.0 Å². The minimum atomic E-state index is -0.338. The molecule has 4 nitrogen and oxygen atoms in total. The summed E-state index contributed by atoms with van der Waals surface area (Å²) in [5.74, 6) is 1.19. The molecule has 1 amide bonds. The second kappa shape index (κ2) is 7.36. The number of hydrogen-bond acceptors (Lipinski definition) is 4. The lowest BCUT2D eigenvalue weighted by molar-refractivity contribution is -0.124. The zero-order chi connectivity index (χ0) is 15.3. The van der Waals surface area contributed by atoms with Crippen LogP contribution in [0.15, 0.2) is 11.6 Å². The van der Waals surface area contributed by atoms with E-state index in [2.05, 4.69) is 36.4 Å². The molecule has 0 bridgehead atoms. The number of amides is 1. The van der Waals surface area contributed by atoms with Crippen LogP contribution in [0.5, 0.6) is 0 Å². The van der Waals surface area contributed by atoms with Crippen LogP contribution in [0.1, 0.15) is 51.5 Å². The van der Waals surface area contributed by atoms with Gasteiger partial charge in [-0.1, -0.05) is 13.8 Å². The first-order valence-electron chi connectivity index (χ1n) is 7.97. The number of piperidine rings is 1. The van der Waals surface area contributed by atoms with E-state index >= 15 is 0 Å². The second-order valence-corrected chi connectivity index (χ2v) is 7.25. The SMILES string of the molecule is CCC(C)(NC(=O)CC(C)C1CCCNC1)c1nccs1. The Balaban J connectivity index is 1.90. The summed E-state index contributed by atoms with van der Waals surface area (Å²) < 4.78 is 0. The zero-order valence-electron chi connectivity index (χ0n) is 13.3. The molecule has 2 N–H and O–H groups in total. The quantitative estimate of drug-likeness (QED) is 0.849. The minimum absolute atomic E-state index is 0.146. The number of nitrogens with one attached hydrogen (secondary N) is 2. The van der Waals surface area contributed by atoms with Crippen molar-refractivity contribution in [3.05, 3.63) is 16.6 Å². The van der Waals surface area contributed by atoms with Gasteiger partial charge in [0.1, 0.15) is 5.01 Å². The molecule has 1 saturated heterocycles. The van der Waals surface area contributed by atoms with Crippen molar-refractivity contribution in [1.29, 1.82) is 0 Å². The highest BCUT2D eigenvalue weighted by atomic mass is 32.1. The van der Waals surface area contributed by atoms with Crippen LogP contribution in [0.3, 0.4) is 0 Å². The highest BCUT2D eigenvalue weighted by molar-refractivity contribution is 7.09. The Kier molecular flexibility index (Phi) is 5.76. The fourth-order valence-corrected chi connectivity index (χ4v) is 3.80. The number of thiazole rings is 1. The summed E-state index contributed by atoms with van der Waals surface area (Å²) in [6, 6.07) is 0. The molecule has 0 aromatic carbocycles. The van der Waals surface area contributed by atoms with Crippen molar-refractivity contribution in [1.82, 2.24) is 15.6 Å². The van der Waals surface area contributed by atoms with Gasteiger partial charge in [0.25, 0.3) is 0 Å². The molecule has 1 aromatic rings. The van der Waals surface area contributed by atoms with Crippen molar-refractivity contribution in [3.63, 3.8) is 0 Å². The molecule has 21 heavy (non-hydrogen) atoms. The molecule has 5 heteroatoms. The van der Waals surface area contributed by atoms with Crippen LogP contribution in [0.2, 0.25) is 0 Å². The monoisotopic (exact) mass is 309 g/mol. The number of aromatic nitrogens is 1. The molecule has 1 aromatic heterocycles. The second-order valence-electron chi connectivity index (χ2n) is 6.36. The van der Waals surface area contributed by atoms with Gasteiger partial charge < -0.3 is 10.6 Å². The first kappa shape index (κ1) is 16.4. The maximum absolute atomic E-state index is 12.4. The number of carbonyl (C=O) groups excluding carboxylic acids is 1. The van der Waals surface area contributed by atoms with E-state index in [1.54, 1.807) is 17.5 Å². The summed E-state index contributed by atoms with van der Waals surface area (Å²) in [6.45, 7) is 8.52. The van der Waals surface area contributed by atoms with Crippen molar-refractivity contribution >= 4 is 17.2 Å². The highest BCUT2D eigenvalue weighted by Crippen LogP contribution is 2.27. The maximum atomic E-state index is 12.4. The molecule has 1 aliphatic heterocycles. The zero-order valence-corrected chi connectivity index (χ0v) is 14.1. The van der Waals surface area contributed by atoms with Crippen LogP contribution in [0, 0.1) is 11.8 Å². The molecule has 2 heterocycles. The number of hydrogen-bond donors (Lipinski definition) is 2. The van der Waals surface area contributed by atoms with Crippen LogP contribution in [0.4, 0.5) is 0 Å². The van der Waals surface area contributed by atoms with Crippen LogP contribution in [0.25, 0.3) is 0 Å². The van der Waals surface area contributed by atoms with Crippen LogP contribution >= 0.6 is 11.3 Å². The van der Waals surface area contributed by atoms with Gasteiger partial charge in [0.05, 0.1) is 5.54 Å². The number of carbonyl (C=O) groups is 1. The Morgan fingerprint density at radius 2 is 2.48 bits per heavy atom. The predicted octanol–water partition coefficient (Wildman–Crippen LogP) is 2.91. The van der Waals surface area contributed by atoms with E-state index < -0.39 is 0 Å². The average molecular weight is 309 g/mol. The highest BCUT2D eigenvalue weighted by Gasteiger charge is 2.30. The van der Waals surface area contributed by atoms with Gasteiger partial charge in [0, 0.05) is 18.0 Å². The van der Waals surface area contributed by atoms with Gasteiger partial charge in [-0.3, -0.25) is 4.79 Å². The third-order valence-corrected chi connectivity index (χ3v) is 5.71. The Morgan fingerprint density at radius 1 is 1.67 bits per heavy atom. The van der Waals surface area contributed by atoms with Gasteiger partial charge in [-0.05, 0) is 51.1 Å². The predicted molar refractivity (Wildman–Crippen MR) is 87.3 cm³/mol. The summed E-state index contributed by atoms with van der Waals surface area (Å²) in [5.41, 5.74) is -0.338. The molecule has 0 spiro atoms. The van der Waals surface area contributed by atoms with Crippen molar-refractivity contribution in [3.8, 4) is 0 Å². The molecule has 1 fully saturated rings. The smallest absolute Gasteiger partial charge is 0.221 e. The topological polar surface area (TPSA) is 54.0 Å². The molecule has 3 atom stereocenters. The van der Waals surface area contributed by atoms with E-state index in [-0.39, 0.29) is 11.4 Å². The fraction of sp³-hybridized carbons (Fsp3) is 0.750. The summed E-state index contributed by atoms with van der Waals surface area (Å²) in [5, 5.41) is 9.59. The Labute approximate surface area is 131 Å². The first-order chi connectivity index (χ1) is 10.0. The Bertz CT molecular complexity index is 442. The Morgan fingerprint density at radius 3 is 3.05 bits per heavy atom. The van der Waals surface area contributed by atoms with E-state index in [1.807, 2.05) is 5.38 Å². The Hall–Kier alpha value is -0.940. The van der Waals surface area contributed by atoms with Gasteiger partial charge in [-0.25, -0.2) is 4.98 Å². The van der Waals surface area contributed by atoms with Gasteiger partial charge >= 0.3 is 0 Å². The molecule has 0 radical (unpaired) electrons. The van der Waals surface area contributed by atoms with Gasteiger partial charge in [-0.2, -0.15) is 0 Å². The fourth-order valence-electron chi connectivity index (χ4n) is 2.97. The molecule has 1 aliphatic rings. The normalized spacial score (nSPS) is 23.3. The van der Waals surface area contributed by atoms with Crippen molar-refractivity contribution in [2.24, 2.45) is 11.8 Å². The average Bonchev–Trinajstić information content (AvgIpc) is 3.02. The molecular formula is C16H27N3OS. The van der Waals surface area contributed by atoms with Crippen LogP contribution < -0.4 is 10.6 Å². The summed E-state index contributed by atoms with van der Waals surface area (Å²) >= 11 is 1.61. The lowest BCUT2D eigenvalue weighted by Gasteiger charge is -2.31. The van der Waals surface area contributed by atoms with E-state index in [0.717, 1.165) is 24.5 Å². The number of nitrogens with zero attached hydrogens (tertiary/aromatic N) is 1. The van der Waals surface area contributed by atoms with Crippen molar-refractivity contribution in [2.75, 3.05) is 13.1 Å². The maximum Gasteiger partial charge on any atom is 0.221 e. The summed E-state index contributed by atoms with van der Waals surface area (Å²) in [4.78, 5) is 16.8. The largest absolute Gasteiger partial charge is 0.344 e. The molecule has 118 valence electrons. The van der Waals surface area contributed by atoms with E-state index in [4.69, 9.17) is 0 Å². The van der Waals surface area contributed by atoms with E-state index in [9.17, 15) is 4.79 Å². The minimum Gasteiger partial charge on any atom is -0.344 e. The van der Waals surface area contributed by atoms with E-state index in [0.29, 0.717) is 18.3 Å². The van der Waals surface area contributed by atoms with Gasteiger partial charge in [0.15, 0.2) is 0 Å². The van der Waals surface area contributed by atoms with E-state index in [1.165, 1.54) is 12.8 Å². The lowest BCUT2D eigenvalue weighted by atomic mass is 9.85. The third kappa shape index (κ3) is 4.27. The molecular weight excluding hydrogens is 282 g/mol. The van der Waals surface area contributed by atoms with Crippen molar-refractivity contribution < 1.29 is 4.79 Å². The summed E-state index contributed by atoms with van der Waals surface area (Å²) in [6.07, 6.45) is 5.72. The molecule has 3 unspecified atom stereocenters. The molecule has 0 saturated carbocycles. The lowest BCUT2D eigenvalue weighted by Crippen LogP contribution is -2.44.